The van der Waals surface area contributed by atoms with E-state index in [9.17, 15) is 4.79 Å². The van der Waals surface area contributed by atoms with Gasteiger partial charge in [0.2, 0.25) is 4.96 Å². The van der Waals surface area contributed by atoms with Crippen LogP contribution in [0, 0.1) is 0 Å². The molecule has 0 N–H and O–H groups in total. The lowest BCUT2D eigenvalue weighted by atomic mass is 10.1. The molecule has 0 spiro atoms. The van der Waals surface area contributed by atoms with Crippen molar-refractivity contribution >= 4 is 46.3 Å². The fraction of sp³-hybridized carbons (Fsp3) is 0.200. The van der Waals surface area contributed by atoms with Crippen molar-refractivity contribution in [3.63, 3.8) is 0 Å². The highest BCUT2D eigenvalue weighted by molar-refractivity contribution is 7.99. The van der Waals surface area contributed by atoms with Crippen molar-refractivity contribution in [1.82, 2.24) is 24.4 Å². The maximum Gasteiger partial charge on any atom is 0.291 e. The zero-order valence-electron chi connectivity index (χ0n) is 24.7. The molecule has 0 saturated heterocycles. The molecule has 9 heteroatoms. The molecule has 3 heterocycles. The molecule has 0 aliphatic heterocycles. The first kappa shape index (κ1) is 29.6. The van der Waals surface area contributed by atoms with Crippen LogP contribution in [0.1, 0.15) is 50.1 Å². The summed E-state index contributed by atoms with van der Waals surface area (Å²) in [6.07, 6.45) is 10.9. The van der Waals surface area contributed by atoms with Gasteiger partial charge in [0.1, 0.15) is 5.75 Å². The van der Waals surface area contributed by atoms with Crippen LogP contribution in [-0.4, -0.2) is 36.7 Å². The first-order valence-corrected chi connectivity index (χ1v) is 16.6. The lowest BCUT2D eigenvalue weighted by Crippen LogP contribution is -2.23. The zero-order valence-corrected chi connectivity index (χ0v) is 26.4. The van der Waals surface area contributed by atoms with E-state index in [1.807, 2.05) is 95.5 Å². The van der Waals surface area contributed by atoms with Crippen molar-refractivity contribution in [2.45, 2.75) is 38.0 Å². The Labute approximate surface area is 264 Å². The monoisotopic (exact) mass is 619 g/mol. The molecule has 0 atom stereocenters. The van der Waals surface area contributed by atoms with Crippen LogP contribution in [0.15, 0.2) is 94.7 Å². The average molecular weight is 620 g/mol. The second-order valence-corrected chi connectivity index (χ2v) is 12.4. The second kappa shape index (κ2) is 13.9. The maximum atomic E-state index is 13.4. The van der Waals surface area contributed by atoms with Crippen LogP contribution in [0.3, 0.4) is 0 Å². The van der Waals surface area contributed by atoms with E-state index < -0.39 is 0 Å². The third kappa shape index (κ3) is 6.85. The topological polar surface area (TPSA) is 74.3 Å². The predicted molar refractivity (Wildman–Crippen MR) is 182 cm³/mol. The summed E-state index contributed by atoms with van der Waals surface area (Å²) >= 11 is 3.17. The van der Waals surface area contributed by atoms with Gasteiger partial charge in [0, 0.05) is 22.2 Å². The number of aromatic nitrogens is 5. The highest BCUT2D eigenvalue weighted by Crippen LogP contribution is 2.27. The largest absolute Gasteiger partial charge is 0.494 e. The summed E-state index contributed by atoms with van der Waals surface area (Å²) in [4.78, 5) is 19.8. The molecule has 6 aromatic rings. The number of para-hydroxylation sites is 1. The third-order valence-corrected chi connectivity index (χ3v) is 9.10. The lowest BCUT2D eigenvalue weighted by Gasteiger charge is -2.04. The Morgan fingerprint density at radius 3 is 2.43 bits per heavy atom. The van der Waals surface area contributed by atoms with Crippen LogP contribution in [0.4, 0.5) is 0 Å². The number of ether oxygens (including phenoxy) is 1. The van der Waals surface area contributed by atoms with Gasteiger partial charge in [-0.05, 0) is 72.7 Å². The molecule has 0 aliphatic carbocycles. The molecule has 0 fully saturated rings. The van der Waals surface area contributed by atoms with Crippen LogP contribution in [0.5, 0.6) is 5.75 Å². The quantitative estimate of drug-likeness (QED) is 0.105. The molecule has 3 aromatic heterocycles. The van der Waals surface area contributed by atoms with Crippen LogP contribution < -0.4 is 14.8 Å². The van der Waals surface area contributed by atoms with Crippen LogP contribution >= 0.6 is 23.1 Å². The summed E-state index contributed by atoms with van der Waals surface area (Å²) in [6.45, 7) is 5.05. The van der Waals surface area contributed by atoms with E-state index >= 15 is 0 Å². The Morgan fingerprint density at radius 1 is 0.909 bits per heavy atom. The van der Waals surface area contributed by atoms with Crippen molar-refractivity contribution in [3.05, 3.63) is 117 Å². The van der Waals surface area contributed by atoms with Gasteiger partial charge in [-0.2, -0.15) is 14.6 Å². The second-order valence-electron chi connectivity index (χ2n) is 10.3. The van der Waals surface area contributed by atoms with Gasteiger partial charge in [0.15, 0.2) is 5.82 Å². The van der Waals surface area contributed by atoms with E-state index in [-0.39, 0.29) is 5.56 Å². The number of unbranched alkanes of at least 4 members (excludes halogenated alkanes) is 1. The number of nitrogens with zero attached hydrogens (tertiary/aromatic N) is 5. The molecule has 0 unspecified atom stereocenters. The molecular weight excluding hydrogens is 587 g/mol. The third-order valence-electron chi connectivity index (χ3n) is 6.92. The van der Waals surface area contributed by atoms with Gasteiger partial charge in [-0.15, -0.1) is 16.9 Å². The number of benzene rings is 3. The zero-order chi connectivity index (χ0) is 30.3. The van der Waals surface area contributed by atoms with Crippen molar-refractivity contribution in [2.75, 3.05) is 12.4 Å². The van der Waals surface area contributed by atoms with Crippen molar-refractivity contribution in [2.24, 2.45) is 0 Å². The molecule has 6 rings (SSSR count). The van der Waals surface area contributed by atoms with Gasteiger partial charge >= 0.3 is 0 Å². The number of fused-ring (bicyclic) bond motifs is 1. The van der Waals surface area contributed by atoms with Gasteiger partial charge in [0.25, 0.3) is 5.56 Å². The fourth-order valence-corrected chi connectivity index (χ4v) is 6.27. The summed E-state index contributed by atoms with van der Waals surface area (Å²) < 4.78 is 9.53. The van der Waals surface area contributed by atoms with E-state index in [2.05, 4.69) is 48.2 Å². The number of hydrogen-bond acceptors (Lipinski definition) is 7. The molecule has 0 saturated carbocycles. The molecular formula is C35H33N5O2S2. The first-order valence-electron chi connectivity index (χ1n) is 14.8. The van der Waals surface area contributed by atoms with E-state index in [0.29, 0.717) is 15.3 Å². The van der Waals surface area contributed by atoms with Gasteiger partial charge in [0.05, 0.1) is 22.5 Å². The normalized spacial score (nSPS) is 12.1. The van der Waals surface area contributed by atoms with E-state index in [1.165, 1.54) is 20.7 Å². The molecule has 0 amide bonds. The van der Waals surface area contributed by atoms with Gasteiger partial charge in [-0.1, -0.05) is 80.1 Å². The highest BCUT2D eigenvalue weighted by Gasteiger charge is 2.14. The summed E-state index contributed by atoms with van der Waals surface area (Å²) in [6, 6.07) is 26.3. The predicted octanol–water partition coefficient (Wildman–Crippen LogP) is 7.40. The lowest BCUT2D eigenvalue weighted by molar-refractivity contribution is 0.309. The molecule has 44 heavy (non-hydrogen) atoms. The van der Waals surface area contributed by atoms with Crippen LogP contribution in [0.2, 0.25) is 0 Å². The van der Waals surface area contributed by atoms with Crippen molar-refractivity contribution < 1.29 is 4.74 Å². The minimum atomic E-state index is -0.199. The number of rotatable bonds is 12. The Balaban J connectivity index is 1.28. The van der Waals surface area contributed by atoms with Crippen molar-refractivity contribution in [3.8, 4) is 22.7 Å². The van der Waals surface area contributed by atoms with Crippen molar-refractivity contribution in [1.29, 1.82) is 0 Å². The van der Waals surface area contributed by atoms with Crippen LogP contribution in [-0.2, 0) is 0 Å². The molecule has 7 nitrogen and oxygen atoms in total. The minimum absolute atomic E-state index is 0.199. The molecule has 222 valence electrons. The molecule has 0 radical (unpaired) electrons. The Kier molecular flexibility index (Phi) is 9.34. The number of hydrogen-bond donors (Lipinski definition) is 0. The first-order chi connectivity index (χ1) is 21.6. The van der Waals surface area contributed by atoms with E-state index in [0.717, 1.165) is 65.4 Å². The smallest absolute Gasteiger partial charge is 0.291 e. The molecule has 0 aliphatic rings. The van der Waals surface area contributed by atoms with Crippen LogP contribution in [0.25, 0.3) is 40.1 Å². The Hall–Kier alpha value is -4.47. The minimum Gasteiger partial charge on any atom is -0.494 e. The van der Waals surface area contributed by atoms with E-state index in [1.54, 1.807) is 0 Å². The summed E-state index contributed by atoms with van der Waals surface area (Å²) in [7, 11) is 0. The highest BCUT2D eigenvalue weighted by atomic mass is 32.2. The fourth-order valence-electron chi connectivity index (χ4n) is 4.60. The Morgan fingerprint density at radius 2 is 1.70 bits per heavy atom. The van der Waals surface area contributed by atoms with Gasteiger partial charge in [-0.3, -0.25) is 4.79 Å². The van der Waals surface area contributed by atoms with E-state index in [4.69, 9.17) is 9.84 Å². The molecule has 3 aromatic carbocycles. The average Bonchev–Trinajstić information content (AvgIpc) is 3.75. The maximum absolute atomic E-state index is 13.4. The summed E-state index contributed by atoms with van der Waals surface area (Å²) in [5.74, 6) is 2.43. The number of thioether (sulfide) groups is 1. The SMILES string of the molecule is CCCCOc1ccc(/C=C/c2nc3s/c(=C\c4cn(-c5ccccc5)nc4-c4ccc(SCCC)cc4)c(=O)n3n2)cc1. The number of thiazole rings is 1. The summed E-state index contributed by atoms with van der Waals surface area (Å²) in [5, 5.41) is 9.40. The Bertz CT molecular complexity index is 1980. The van der Waals surface area contributed by atoms with Gasteiger partial charge in [-0.25, -0.2) is 4.68 Å². The molecule has 0 bridgehead atoms. The van der Waals surface area contributed by atoms with Gasteiger partial charge < -0.3 is 4.74 Å². The standard InChI is InChI=1S/C35H33N5O2S2/c1-3-5-21-42-29-16-11-25(12-17-29)13-20-32-36-35-40(37-32)34(41)31(44-35)23-27-24-39(28-9-7-6-8-10-28)38-33(27)26-14-18-30(19-15-26)43-22-4-2/h6-20,23-24H,3-5,21-22H2,1-2H3/b20-13+,31-23-. The summed E-state index contributed by atoms with van der Waals surface area (Å²) in [5.41, 5.74) is 4.41.